The molecule has 0 saturated heterocycles. The van der Waals surface area contributed by atoms with Crippen LogP contribution in [0.2, 0.25) is 0 Å². The Morgan fingerprint density at radius 3 is 2.36 bits per heavy atom. The van der Waals surface area contributed by atoms with Gasteiger partial charge < -0.3 is 14.8 Å². The zero-order chi connectivity index (χ0) is 18.2. The van der Waals surface area contributed by atoms with Crippen LogP contribution in [0.15, 0.2) is 48.0 Å². The van der Waals surface area contributed by atoms with Crippen molar-refractivity contribution in [1.29, 1.82) is 5.26 Å². The number of nitrogens with zero attached hydrogens (tertiary/aromatic N) is 1. The molecule has 5 nitrogen and oxygen atoms in total. The van der Waals surface area contributed by atoms with E-state index in [2.05, 4.69) is 12.2 Å². The molecule has 0 aliphatic rings. The van der Waals surface area contributed by atoms with Crippen molar-refractivity contribution in [2.45, 2.75) is 13.3 Å². The first-order valence-corrected chi connectivity index (χ1v) is 7.85. The third-order valence-corrected chi connectivity index (χ3v) is 3.70. The quantitative estimate of drug-likeness (QED) is 0.643. The number of amides is 1. The van der Waals surface area contributed by atoms with Crippen molar-refractivity contribution in [1.82, 2.24) is 0 Å². The predicted molar refractivity (Wildman–Crippen MR) is 97.6 cm³/mol. The zero-order valence-corrected chi connectivity index (χ0v) is 14.5. The maximum absolute atomic E-state index is 12.3. The second-order valence-corrected chi connectivity index (χ2v) is 5.29. The van der Waals surface area contributed by atoms with Gasteiger partial charge in [-0.2, -0.15) is 5.26 Å². The van der Waals surface area contributed by atoms with Crippen LogP contribution in [0.25, 0.3) is 6.08 Å². The molecule has 0 bridgehead atoms. The van der Waals surface area contributed by atoms with Gasteiger partial charge in [0.25, 0.3) is 5.91 Å². The molecule has 0 radical (unpaired) electrons. The van der Waals surface area contributed by atoms with E-state index in [1.807, 2.05) is 30.3 Å². The third-order valence-electron chi connectivity index (χ3n) is 3.70. The molecule has 5 heteroatoms. The van der Waals surface area contributed by atoms with E-state index in [-0.39, 0.29) is 5.57 Å². The third kappa shape index (κ3) is 4.61. The van der Waals surface area contributed by atoms with E-state index < -0.39 is 5.91 Å². The number of aryl methyl sites for hydroxylation is 1. The average Bonchev–Trinajstić information content (AvgIpc) is 2.66. The lowest BCUT2D eigenvalue weighted by Crippen LogP contribution is -2.13. The minimum atomic E-state index is -0.457. The second-order valence-electron chi connectivity index (χ2n) is 5.29. The Morgan fingerprint density at radius 1 is 1.12 bits per heavy atom. The summed E-state index contributed by atoms with van der Waals surface area (Å²) in [6.07, 6.45) is 2.44. The predicted octanol–water partition coefficient (Wildman–Crippen LogP) is 3.81. The molecule has 128 valence electrons. The SMILES string of the molecule is CCc1ccc(NC(=O)/C(C#N)=C\c2ccc(OC)c(OC)c2)cc1. The number of methoxy groups -OCH3 is 2. The summed E-state index contributed by atoms with van der Waals surface area (Å²) in [7, 11) is 3.08. The van der Waals surface area contributed by atoms with Gasteiger partial charge in [0.15, 0.2) is 11.5 Å². The number of hydrogen-bond acceptors (Lipinski definition) is 4. The van der Waals surface area contributed by atoms with Crippen LogP contribution in [-0.4, -0.2) is 20.1 Å². The van der Waals surface area contributed by atoms with Gasteiger partial charge in [-0.15, -0.1) is 0 Å². The van der Waals surface area contributed by atoms with E-state index in [1.54, 1.807) is 25.3 Å². The van der Waals surface area contributed by atoms with E-state index in [1.165, 1.54) is 18.7 Å². The summed E-state index contributed by atoms with van der Waals surface area (Å²) in [5, 5.41) is 12.0. The van der Waals surface area contributed by atoms with Crippen LogP contribution in [0.1, 0.15) is 18.1 Å². The zero-order valence-electron chi connectivity index (χ0n) is 14.5. The van der Waals surface area contributed by atoms with Crippen LogP contribution in [-0.2, 0) is 11.2 Å². The van der Waals surface area contributed by atoms with Crippen molar-refractivity contribution in [3.8, 4) is 17.6 Å². The lowest BCUT2D eigenvalue weighted by molar-refractivity contribution is -0.112. The van der Waals surface area contributed by atoms with Crippen LogP contribution < -0.4 is 14.8 Å². The molecule has 2 rings (SSSR count). The molecule has 0 saturated carbocycles. The first-order valence-electron chi connectivity index (χ1n) is 7.85. The summed E-state index contributed by atoms with van der Waals surface area (Å²) in [5.74, 6) is 0.657. The molecule has 0 heterocycles. The van der Waals surface area contributed by atoms with Crippen molar-refractivity contribution < 1.29 is 14.3 Å². The topological polar surface area (TPSA) is 71.4 Å². The number of carbonyl (C=O) groups is 1. The Morgan fingerprint density at radius 2 is 1.80 bits per heavy atom. The fraction of sp³-hybridized carbons (Fsp3) is 0.200. The maximum Gasteiger partial charge on any atom is 0.266 e. The molecular weight excluding hydrogens is 316 g/mol. The lowest BCUT2D eigenvalue weighted by atomic mass is 10.1. The van der Waals surface area contributed by atoms with Gasteiger partial charge in [-0.3, -0.25) is 4.79 Å². The van der Waals surface area contributed by atoms with Crippen LogP contribution in [0.5, 0.6) is 11.5 Å². The molecule has 0 atom stereocenters. The number of anilines is 1. The van der Waals surface area contributed by atoms with Gasteiger partial charge in [-0.25, -0.2) is 0 Å². The first kappa shape index (κ1) is 18.1. The van der Waals surface area contributed by atoms with Crippen LogP contribution in [0, 0.1) is 11.3 Å². The molecule has 2 aromatic carbocycles. The van der Waals surface area contributed by atoms with Gasteiger partial charge in [0.1, 0.15) is 11.6 Å². The summed E-state index contributed by atoms with van der Waals surface area (Å²) < 4.78 is 10.4. The molecule has 1 amide bonds. The monoisotopic (exact) mass is 336 g/mol. The largest absolute Gasteiger partial charge is 0.493 e. The van der Waals surface area contributed by atoms with Crippen molar-refractivity contribution >= 4 is 17.7 Å². The highest BCUT2D eigenvalue weighted by atomic mass is 16.5. The number of benzene rings is 2. The Kier molecular flexibility index (Phi) is 6.19. The highest BCUT2D eigenvalue weighted by molar-refractivity contribution is 6.09. The molecule has 0 unspecified atom stereocenters. The number of nitrogens with one attached hydrogen (secondary N) is 1. The van der Waals surface area contributed by atoms with Gasteiger partial charge >= 0.3 is 0 Å². The summed E-state index contributed by atoms with van der Waals surface area (Å²) >= 11 is 0. The highest BCUT2D eigenvalue weighted by Gasteiger charge is 2.11. The van der Waals surface area contributed by atoms with Crippen molar-refractivity contribution in [2.24, 2.45) is 0 Å². The number of ether oxygens (including phenoxy) is 2. The number of rotatable bonds is 6. The van der Waals surface area contributed by atoms with Gasteiger partial charge in [0.05, 0.1) is 14.2 Å². The minimum Gasteiger partial charge on any atom is -0.493 e. The molecule has 0 aliphatic carbocycles. The van der Waals surface area contributed by atoms with Crippen molar-refractivity contribution in [3.63, 3.8) is 0 Å². The molecule has 1 N–H and O–H groups in total. The number of carbonyl (C=O) groups excluding carboxylic acids is 1. The molecule has 0 aliphatic heterocycles. The molecule has 2 aromatic rings. The molecule has 0 spiro atoms. The van der Waals surface area contributed by atoms with E-state index in [0.717, 1.165) is 6.42 Å². The minimum absolute atomic E-state index is 0.00629. The Labute approximate surface area is 147 Å². The summed E-state index contributed by atoms with van der Waals surface area (Å²) in [6.45, 7) is 2.06. The van der Waals surface area contributed by atoms with Crippen LogP contribution in [0.3, 0.4) is 0 Å². The fourth-order valence-corrected chi connectivity index (χ4v) is 2.28. The normalized spacial score (nSPS) is 10.7. The highest BCUT2D eigenvalue weighted by Crippen LogP contribution is 2.28. The molecule has 25 heavy (non-hydrogen) atoms. The Balaban J connectivity index is 2.21. The van der Waals surface area contributed by atoms with Crippen LogP contribution >= 0.6 is 0 Å². The van der Waals surface area contributed by atoms with E-state index >= 15 is 0 Å². The van der Waals surface area contributed by atoms with Crippen LogP contribution in [0.4, 0.5) is 5.69 Å². The number of nitriles is 1. The van der Waals surface area contributed by atoms with Gasteiger partial charge in [-0.1, -0.05) is 25.1 Å². The van der Waals surface area contributed by atoms with Gasteiger partial charge in [-0.05, 0) is 47.9 Å². The molecule has 0 aromatic heterocycles. The standard InChI is InChI=1S/C20H20N2O3/c1-4-14-5-8-17(9-6-14)22-20(23)16(13-21)11-15-7-10-18(24-2)19(12-15)25-3/h5-12H,4H2,1-3H3,(H,22,23)/b16-11-. The molecular formula is C20H20N2O3. The average molecular weight is 336 g/mol. The fourth-order valence-electron chi connectivity index (χ4n) is 2.28. The Hall–Kier alpha value is -3.26. The van der Waals surface area contributed by atoms with Gasteiger partial charge in [0.2, 0.25) is 0 Å². The lowest BCUT2D eigenvalue weighted by Gasteiger charge is -2.08. The smallest absolute Gasteiger partial charge is 0.266 e. The summed E-state index contributed by atoms with van der Waals surface area (Å²) in [4.78, 5) is 12.3. The molecule has 0 fully saturated rings. The first-order chi connectivity index (χ1) is 12.1. The van der Waals surface area contributed by atoms with Crippen molar-refractivity contribution in [3.05, 3.63) is 59.2 Å². The van der Waals surface area contributed by atoms with E-state index in [0.29, 0.717) is 22.7 Å². The summed E-state index contributed by atoms with van der Waals surface area (Å²) in [5.41, 5.74) is 2.51. The second kappa shape index (κ2) is 8.55. The Bertz CT molecular complexity index is 818. The van der Waals surface area contributed by atoms with E-state index in [4.69, 9.17) is 9.47 Å². The number of hydrogen-bond donors (Lipinski definition) is 1. The van der Waals surface area contributed by atoms with Crippen molar-refractivity contribution in [2.75, 3.05) is 19.5 Å². The summed E-state index contributed by atoms with van der Waals surface area (Å²) in [6, 6.07) is 14.7. The van der Waals surface area contributed by atoms with Gasteiger partial charge in [0, 0.05) is 5.69 Å². The van der Waals surface area contributed by atoms with E-state index in [9.17, 15) is 10.1 Å². The maximum atomic E-state index is 12.3.